The van der Waals surface area contributed by atoms with Gasteiger partial charge in [0.2, 0.25) is 0 Å². The molecule has 3 rings (SSSR count). The minimum absolute atomic E-state index is 0.460. The van der Waals surface area contributed by atoms with Crippen molar-refractivity contribution in [3.05, 3.63) is 35.5 Å². The predicted molar refractivity (Wildman–Crippen MR) is 56.5 cm³/mol. The lowest BCUT2D eigenvalue weighted by molar-refractivity contribution is 0.406. The molecule has 14 heavy (non-hydrogen) atoms. The molecule has 0 spiro atoms. The molecule has 0 saturated carbocycles. The van der Waals surface area contributed by atoms with E-state index in [1.54, 1.807) is 0 Å². The van der Waals surface area contributed by atoms with Gasteiger partial charge in [0.25, 0.3) is 0 Å². The van der Waals surface area contributed by atoms with Crippen molar-refractivity contribution in [2.75, 3.05) is 6.61 Å². The minimum Gasteiger partial charge on any atom is -0.373 e. The summed E-state index contributed by atoms with van der Waals surface area (Å²) in [6.45, 7) is 3.10. The maximum absolute atomic E-state index is 5.24. The second-order valence-corrected chi connectivity index (χ2v) is 3.93. The van der Waals surface area contributed by atoms with Gasteiger partial charge in [-0.2, -0.15) is 0 Å². The third-order valence-corrected chi connectivity index (χ3v) is 2.90. The molecule has 2 nitrogen and oxygen atoms in total. The summed E-state index contributed by atoms with van der Waals surface area (Å²) < 4.78 is 5.24. The summed E-state index contributed by atoms with van der Waals surface area (Å²) >= 11 is 0. The molecule has 2 heterocycles. The van der Waals surface area contributed by atoms with Crippen molar-refractivity contribution in [2.24, 2.45) is 0 Å². The molecule has 0 radical (unpaired) electrons. The molecule has 1 aliphatic heterocycles. The fourth-order valence-corrected chi connectivity index (χ4v) is 1.96. The quantitative estimate of drug-likeness (QED) is 0.718. The molecule has 0 aliphatic carbocycles. The van der Waals surface area contributed by atoms with E-state index in [2.05, 4.69) is 36.2 Å². The van der Waals surface area contributed by atoms with Crippen molar-refractivity contribution in [1.29, 1.82) is 0 Å². The van der Waals surface area contributed by atoms with E-state index in [9.17, 15) is 0 Å². The van der Waals surface area contributed by atoms with Gasteiger partial charge in [-0.25, -0.2) is 0 Å². The fourth-order valence-electron chi connectivity index (χ4n) is 1.96. The number of fused-ring (bicyclic) bond motifs is 1. The predicted octanol–water partition coefficient (Wildman–Crippen LogP) is 2.42. The molecule has 1 fully saturated rings. The number of nitrogens with one attached hydrogen (secondary N) is 1. The van der Waals surface area contributed by atoms with Gasteiger partial charge in [-0.3, -0.25) is 0 Å². The van der Waals surface area contributed by atoms with Crippen LogP contribution in [-0.4, -0.2) is 17.7 Å². The van der Waals surface area contributed by atoms with Crippen LogP contribution in [0.2, 0.25) is 0 Å². The van der Waals surface area contributed by atoms with Gasteiger partial charge in [-0.05, 0) is 18.6 Å². The Bertz CT molecular complexity index is 468. The summed E-state index contributed by atoms with van der Waals surface area (Å²) in [6, 6.07) is 8.44. The average molecular weight is 187 g/mol. The zero-order valence-electron chi connectivity index (χ0n) is 8.21. The molecule has 1 aliphatic rings. The monoisotopic (exact) mass is 187 g/mol. The minimum atomic E-state index is 0.460. The Hall–Kier alpha value is -1.28. The van der Waals surface area contributed by atoms with Gasteiger partial charge in [-0.1, -0.05) is 18.2 Å². The summed E-state index contributed by atoms with van der Waals surface area (Å²) in [5.41, 5.74) is 3.94. The zero-order chi connectivity index (χ0) is 9.54. The average Bonchev–Trinajstić information content (AvgIpc) is 2.95. The maximum Gasteiger partial charge on any atom is 0.0864 e. The van der Waals surface area contributed by atoms with Crippen molar-refractivity contribution in [3.8, 4) is 0 Å². The normalized spacial score (nSPS) is 20.2. The van der Waals surface area contributed by atoms with Crippen LogP contribution in [0.15, 0.2) is 24.3 Å². The van der Waals surface area contributed by atoms with Crippen LogP contribution in [0.1, 0.15) is 11.3 Å². The Balaban J connectivity index is 2.09. The summed E-state index contributed by atoms with van der Waals surface area (Å²) in [4.78, 5) is 3.46. The molecule has 1 atom stereocenters. The SMILES string of the molecule is Cc1c(CC2CO2)[nH]c2ccccc12. The van der Waals surface area contributed by atoms with Crippen LogP contribution in [0.3, 0.4) is 0 Å². The molecule has 1 saturated heterocycles. The lowest BCUT2D eigenvalue weighted by Gasteiger charge is -1.94. The van der Waals surface area contributed by atoms with Crippen molar-refractivity contribution >= 4 is 10.9 Å². The smallest absolute Gasteiger partial charge is 0.0864 e. The molecular weight excluding hydrogens is 174 g/mol. The third-order valence-electron chi connectivity index (χ3n) is 2.90. The highest BCUT2D eigenvalue weighted by Gasteiger charge is 2.24. The van der Waals surface area contributed by atoms with Gasteiger partial charge < -0.3 is 9.72 Å². The molecular formula is C12H13NO. The Morgan fingerprint density at radius 1 is 1.43 bits per heavy atom. The number of ether oxygens (including phenoxy) is 1. The summed E-state index contributed by atoms with van der Waals surface area (Å²) in [5.74, 6) is 0. The zero-order valence-corrected chi connectivity index (χ0v) is 8.21. The number of benzene rings is 1. The molecule has 2 aromatic rings. The van der Waals surface area contributed by atoms with Gasteiger partial charge >= 0.3 is 0 Å². The van der Waals surface area contributed by atoms with Crippen molar-refractivity contribution in [3.63, 3.8) is 0 Å². The fraction of sp³-hybridized carbons (Fsp3) is 0.333. The number of hydrogen-bond acceptors (Lipinski definition) is 1. The Morgan fingerprint density at radius 3 is 2.93 bits per heavy atom. The molecule has 0 amide bonds. The van der Waals surface area contributed by atoms with Crippen molar-refractivity contribution in [1.82, 2.24) is 4.98 Å². The second-order valence-electron chi connectivity index (χ2n) is 3.93. The summed E-state index contributed by atoms with van der Waals surface area (Å²) in [7, 11) is 0. The van der Waals surface area contributed by atoms with Crippen LogP contribution in [-0.2, 0) is 11.2 Å². The second kappa shape index (κ2) is 2.85. The number of para-hydroxylation sites is 1. The largest absolute Gasteiger partial charge is 0.373 e. The van der Waals surface area contributed by atoms with E-state index < -0.39 is 0 Å². The van der Waals surface area contributed by atoms with Crippen molar-refractivity contribution < 1.29 is 4.74 Å². The Kier molecular flexibility index (Phi) is 1.64. The summed E-state index contributed by atoms with van der Waals surface area (Å²) in [6.07, 6.45) is 1.49. The number of aryl methyl sites for hydroxylation is 1. The van der Waals surface area contributed by atoms with Gasteiger partial charge in [0, 0.05) is 23.0 Å². The first kappa shape index (κ1) is 8.06. The standard InChI is InChI=1S/C12H13NO/c1-8-10-4-2-3-5-11(10)13-12(8)6-9-7-14-9/h2-5,9,13H,6-7H2,1H3. The van der Waals surface area contributed by atoms with Gasteiger partial charge in [0.1, 0.15) is 0 Å². The van der Waals surface area contributed by atoms with E-state index >= 15 is 0 Å². The molecule has 1 aromatic carbocycles. The highest BCUT2D eigenvalue weighted by Crippen LogP contribution is 2.24. The van der Waals surface area contributed by atoms with Crippen LogP contribution < -0.4 is 0 Å². The van der Waals surface area contributed by atoms with Crippen LogP contribution >= 0.6 is 0 Å². The Labute approximate surface area is 82.9 Å². The highest BCUT2D eigenvalue weighted by atomic mass is 16.6. The highest BCUT2D eigenvalue weighted by molar-refractivity contribution is 5.84. The number of hydrogen-bond donors (Lipinski definition) is 1. The molecule has 1 unspecified atom stereocenters. The van der Waals surface area contributed by atoms with Gasteiger partial charge in [0.05, 0.1) is 12.7 Å². The van der Waals surface area contributed by atoms with E-state index in [0.717, 1.165) is 13.0 Å². The van der Waals surface area contributed by atoms with Crippen LogP contribution in [0, 0.1) is 6.92 Å². The van der Waals surface area contributed by atoms with E-state index in [4.69, 9.17) is 4.74 Å². The van der Waals surface area contributed by atoms with Crippen LogP contribution in [0.25, 0.3) is 10.9 Å². The maximum atomic E-state index is 5.24. The molecule has 1 N–H and O–H groups in total. The van der Waals surface area contributed by atoms with E-state index in [-0.39, 0.29) is 0 Å². The molecule has 72 valence electrons. The first-order valence-electron chi connectivity index (χ1n) is 5.02. The van der Waals surface area contributed by atoms with Gasteiger partial charge in [0.15, 0.2) is 0 Å². The van der Waals surface area contributed by atoms with E-state index in [1.165, 1.54) is 22.2 Å². The third kappa shape index (κ3) is 1.23. The van der Waals surface area contributed by atoms with Crippen LogP contribution in [0.4, 0.5) is 0 Å². The number of aromatic amines is 1. The molecule has 1 aromatic heterocycles. The Morgan fingerprint density at radius 2 is 2.21 bits per heavy atom. The lowest BCUT2D eigenvalue weighted by atomic mass is 10.1. The number of H-pyrrole nitrogens is 1. The lowest BCUT2D eigenvalue weighted by Crippen LogP contribution is -1.94. The summed E-state index contributed by atoms with van der Waals surface area (Å²) in [5, 5.41) is 1.34. The number of epoxide rings is 1. The first-order valence-corrected chi connectivity index (χ1v) is 5.02. The van der Waals surface area contributed by atoms with E-state index in [1.807, 2.05) is 0 Å². The van der Waals surface area contributed by atoms with Crippen LogP contribution in [0.5, 0.6) is 0 Å². The van der Waals surface area contributed by atoms with E-state index in [0.29, 0.717) is 6.10 Å². The molecule has 0 bridgehead atoms. The van der Waals surface area contributed by atoms with Gasteiger partial charge in [-0.15, -0.1) is 0 Å². The number of rotatable bonds is 2. The molecule has 2 heteroatoms. The number of aromatic nitrogens is 1. The van der Waals surface area contributed by atoms with Crippen molar-refractivity contribution in [2.45, 2.75) is 19.4 Å². The first-order chi connectivity index (χ1) is 6.84. The topological polar surface area (TPSA) is 28.3 Å².